The molecule has 0 atom stereocenters. The van der Waals surface area contributed by atoms with Gasteiger partial charge in [0.2, 0.25) is 11.8 Å². The molecule has 188 valence electrons. The van der Waals surface area contributed by atoms with Crippen LogP contribution in [-0.4, -0.2) is 57.8 Å². The van der Waals surface area contributed by atoms with E-state index in [0.717, 1.165) is 59.6 Å². The number of aromatic nitrogens is 2. The number of nitrogens with zero attached hydrogens (tertiary/aromatic N) is 4. The van der Waals surface area contributed by atoms with E-state index >= 15 is 0 Å². The molecule has 3 aromatic rings. The number of aryl methyl sites for hydroxylation is 1. The van der Waals surface area contributed by atoms with E-state index in [1.165, 1.54) is 0 Å². The molecule has 0 spiro atoms. The molecule has 1 aromatic carbocycles. The van der Waals surface area contributed by atoms with Crippen LogP contribution < -0.4 is 11.1 Å². The van der Waals surface area contributed by atoms with Crippen molar-refractivity contribution in [2.24, 2.45) is 11.7 Å². The van der Waals surface area contributed by atoms with Gasteiger partial charge in [0.1, 0.15) is 5.82 Å². The summed E-state index contributed by atoms with van der Waals surface area (Å²) in [5.41, 5.74) is 9.11. The van der Waals surface area contributed by atoms with E-state index in [-0.39, 0.29) is 17.4 Å². The maximum atomic E-state index is 12.4. The minimum Gasteiger partial charge on any atom is -0.366 e. The van der Waals surface area contributed by atoms with E-state index in [1.54, 1.807) is 11.3 Å². The van der Waals surface area contributed by atoms with Gasteiger partial charge >= 0.3 is 0 Å². The van der Waals surface area contributed by atoms with Gasteiger partial charge in [-0.2, -0.15) is 0 Å². The van der Waals surface area contributed by atoms with Gasteiger partial charge in [-0.05, 0) is 36.2 Å². The lowest BCUT2D eigenvalue weighted by molar-refractivity contribution is -0.136. The SMILES string of the molecule is C=C(C(N)=O)c1cccc(-c2cc(CN3CCN(C(=O)C(C)C)CC3)cc(Nc3ncc(C)s3)n2)c1. The summed E-state index contributed by atoms with van der Waals surface area (Å²) in [5.74, 6) is 0.377. The topological polar surface area (TPSA) is 104 Å². The first kappa shape index (κ1) is 25.5. The number of carbonyl (C=O) groups is 2. The predicted octanol–water partition coefficient (Wildman–Crippen LogP) is 4.06. The minimum atomic E-state index is -0.551. The molecule has 9 heteroatoms. The number of nitrogens with one attached hydrogen (secondary N) is 1. The van der Waals surface area contributed by atoms with Gasteiger partial charge < -0.3 is 16.0 Å². The number of amides is 2. The highest BCUT2D eigenvalue weighted by molar-refractivity contribution is 7.15. The van der Waals surface area contributed by atoms with Gasteiger partial charge in [-0.25, -0.2) is 9.97 Å². The van der Waals surface area contributed by atoms with Crippen molar-refractivity contribution in [3.05, 3.63) is 65.2 Å². The van der Waals surface area contributed by atoms with Gasteiger partial charge in [0.15, 0.2) is 5.13 Å². The zero-order valence-corrected chi connectivity index (χ0v) is 21.8. The van der Waals surface area contributed by atoms with Crippen molar-refractivity contribution in [3.63, 3.8) is 0 Å². The van der Waals surface area contributed by atoms with E-state index < -0.39 is 5.91 Å². The van der Waals surface area contributed by atoms with E-state index in [2.05, 4.69) is 27.8 Å². The number of hydrogen-bond donors (Lipinski definition) is 2. The summed E-state index contributed by atoms with van der Waals surface area (Å²) in [6.07, 6.45) is 1.83. The van der Waals surface area contributed by atoms with Gasteiger partial charge in [0, 0.05) is 60.9 Å². The summed E-state index contributed by atoms with van der Waals surface area (Å²) in [5, 5.41) is 4.11. The number of thiazole rings is 1. The van der Waals surface area contributed by atoms with Crippen LogP contribution >= 0.6 is 11.3 Å². The van der Waals surface area contributed by atoms with E-state index in [1.807, 2.05) is 62.2 Å². The Morgan fingerprint density at radius 1 is 1.17 bits per heavy atom. The van der Waals surface area contributed by atoms with Gasteiger partial charge in [-0.15, -0.1) is 11.3 Å². The average molecular weight is 505 g/mol. The number of anilines is 2. The molecule has 3 heterocycles. The Kier molecular flexibility index (Phi) is 7.81. The summed E-state index contributed by atoms with van der Waals surface area (Å²) in [4.78, 5) is 38.7. The number of benzene rings is 1. The smallest absolute Gasteiger partial charge is 0.248 e. The van der Waals surface area contributed by atoms with Crippen LogP contribution in [-0.2, 0) is 16.1 Å². The first-order chi connectivity index (χ1) is 17.2. The summed E-state index contributed by atoms with van der Waals surface area (Å²) < 4.78 is 0. The molecular weight excluding hydrogens is 472 g/mol. The molecule has 0 saturated carbocycles. The molecule has 1 saturated heterocycles. The van der Waals surface area contributed by atoms with Crippen molar-refractivity contribution in [2.75, 3.05) is 31.5 Å². The van der Waals surface area contributed by atoms with Crippen LogP contribution in [0.25, 0.3) is 16.8 Å². The van der Waals surface area contributed by atoms with Crippen LogP contribution in [0.1, 0.15) is 29.9 Å². The maximum absolute atomic E-state index is 12.4. The third kappa shape index (κ3) is 6.16. The van der Waals surface area contributed by atoms with Crippen LogP contribution in [0.5, 0.6) is 0 Å². The van der Waals surface area contributed by atoms with E-state index in [9.17, 15) is 9.59 Å². The third-order valence-corrected chi connectivity index (χ3v) is 6.96. The molecule has 1 aliphatic heterocycles. The normalized spacial score (nSPS) is 14.2. The molecular formula is C27H32N6O2S. The highest BCUT2D eigenvalue weighted by Crippen LogP contribution is 2.28. The summed E-state index contributed by atoms with van der Waals surface area (Å²) in [6, 6.07) is 11.6. The molecule has 8 nitrogen and oxygen atoms in total. The summed E-state index contributed by atoms with van der Waals surface area (Å²) >= 11 is 1.57. The van der Waals surface area contributed by atoms with E-state index in [0.29, 0.717) is 11.4 Å². The van der Waals surface area contributed by atoms with Crippen molar-refractivity contribution < 1.29 is 9.59 Å². The number of piperazine rings is 1. The van der Waals surface area contributed by atoms with Crippen LogP contribution in [0, 0.1) is 12.8 Å². The summed E-state index contributed by atoms with van der Waals surface area (Å²) in [7, 11) is 0. The van der Waals surface area contributed by atoms with Crippen molar-refractivity contribution in [2.45, 2.75) is 27.3 Å². The summed E-state index contributed by atoms with van der Waals surface area (Å²) in [6.45, 7) is 13.5. The average Bonchev–Trinajstić information content (AvgIpc) is 3.27. The second-order valence-corrected chi connectivity index (χ2v) is 10.6. The van der Waals surface area contributed by atoms with Crippen LogP contribution in [0.2, 0.25) is 0 Å². The first-order valence-electron chi connectivity index (χ1n) is 12.0. The Bertz CT molecular complexity index is 1280. The minimum absolute atomic E-state index is 0.0174. The van der Waals surface area contributed by atoms with Crippen LogP contribution in [0.3, 0.4) is 0 Å². The lowest BCUT2D eigenvalue weighted by Crippen LogP contribution is -2.49. The lowest BCUT2D eigenvalue weighted by Gasteiger charge is -2.35. The molecule has 0 aliphatic carbocycles. The fraction of sp³-hybridized carbons (Fsp3) is 0.333. The van der Waals surface area contributed by atoms with Crippen molar-refractivity contribution in [3.8, 4) is 11.3 Å². The monoisotopic (exact) mass is 504 g/mol. The first-order valence-corrected chi connectivity index (χ1v) is 12.8. The molecule has 1 aliphatic rings. The standard InChI is InChI=1S/C27H32N6O2S/c1-17(2)26(35)33-10-8-32(9-11-33)16-20-12-23(22-7-5-6-21(14-22)19(4)25(28)34)30-24(13-20)31-27-29-15-18(3)36-27/h5-7,12-15,17H,4,8-11,16H2,1-3H3,(H2,28,34)(H,29,30,31). The van der Waals surface area contributed by atoms with Crippen LogP contribution in [0.15, 0.2) is 49.2 Å². The molecule has 4 rings (SSSR count). The second-order valence-electron chi connectivity index (χ2n) is 9.33. The fourth-order valence-corrected chi connectivity index (χ4v) is 4.84. The lowest BCUT2D eigenvalue weighted by atomic mass is 10.0. The van der Waals surface area contributed by atoms with Gasteiger partial charge in [0.05, 0.1) is 5.69 Å². The largest absolute Gasteiger partial charge is 0.366 e. The fourth-order valence-electron chi connectivity index (χ4n) is 4.17. The number of hydrogen-bond acceptors (Lipinski definition) is 7. The van der Waals surface area contributed by atoms with Gasteiger partial charge in [-0.1, -0.05) is 38.6 Å². The Morgan fingerprint density at radius 3 is 2.56 bits per heavy atom. The third-order valence-electron chi connectivity index (χ3n) is 6.13. The zero-order chi connectivity index (χ0) is 25.8. The molecule has 2 aromatic heterocycles. The quantitative estimate of drug-likeness (QED) is 0.449. The van der Waals surface area contributed by atoms with E-state index in [4.69, 9.17) is 10.7 Å². The molecule has 0 bridgehead atoms. The Balaban J connectivity index is 1.60. The number of primary amides is 1. The molecule has 1 fully saturated rings. The zero-order valence-electron chi connectivity index (χ0n) is 21.0. The Morgan fingerprint density at radius 2 is 1.92 bits per heavy atom. The number of pyridine rings is 1. The maximum Gasteiger partial charge on any atom is 0.248 e. The second kappa shape index (κ2) is 11.0. The van der Waals surface area contributed by atoms with Crippen molar-refractivity contribution >= 4 is 39.7 Å². The molecule has 3 N–H and O–H groups in total. The highest BCUT2D eigenvalue weighted by Gasteiger charge is 2.23. The highest BCUT2D eigenvalue weighted by atomic mass is 32.1. The van der Waals surface area contributed by atoms with Crippen molar-refractivity contribution in [1.29, 1.82) is 0 Å². The Hall–Kier alpha value is -3.56. The van der Waals surface area contributed by atoms with Gasteiger partial charge in [0.25, 0.3) is 0 Å². The molecule has 0 radical (unpaired) electrons. The van der Waals surface area contributed by atoms with Gasteiger partial charge in [-0.3, -0.25) is 14.5 Å². The molecule has 36 heavy (non-hydrogen) atoms. The number of rotatable bonds is 8. The molecule has 0 unspecified atom stereocenters. The number of nitrogens with two attached hydrogens (primary N) is 1. The van der Waals surface area contributed by atoms with Crippen LogP contribution in [0.4, 0.5) is 10.9 Å². The predicted molar refractivity (Wildman–Crippen MR) is 145 cm³/mol. The Labute approximate surface area is 215 Å². The van der Waals surface area contributed by atoms with Crippen molar-refractivity contribution in [1.82, 2.24) is 19.8 Å². The number of carbonyl (C=O) groups excluding carboxylic acids is 2. The molecule has 2 amide bonds.